The molecular formula is C22H25N3O5. The third kappa shape index (κ3) is 6.23. The molecule has 0 atom stereocenters. The lowest BCUT2D eigenvalue weighted by atomic mass is 10.2. The first-order chi connectivity index (χ1) is 14.7. The highest BCUT2D eigenvalue weighted by molar-refractivity contribution is 5.76. The third-order valence-electron chi connectivity index (χ3n) is 4.19. The van der Waals surface area contributed by atoms with Crippen molar-refractivity contribution >= 4 is 5.91 Å². The Morgan fingerprint density at radius 1 is 1.07 bits per heavy atom. The molecule has 0 aliphatic rings. The normalized spacial score (nSPS) is 10.5. The van der Waals surface area contributed by atoms with Gasteiger partial charge in [-0.05, 0) is 43.3 Å². The Labute approximate surface area is 175 Å². The van der Waals surface area contributed by atoms with Crippen LogP contribution in [0.15, 0.2) is 53.1 Å². The number of carbonyl (C=O) groups is 1. The van der Waals surface area contributed by atoms with Crippen LogP contribution in [0.2, 0.25) is 0 Å². The van der Waals surface area contributed by atoms with Crippen LogP contribution < -0.4 is 19.5 Å². The van der Waals surface area contributed by atoms with Crippen molar-refractivity contribution in [3.63, 3.8) is 0 Å². The van der Waals surface area contributed by atoms with Crippen molar-refractivity contribution in [2.45, 2.75) is 19.8 Å². The quantitative estimate of drug-likeness (QED) is 0.484. The third-order valence-corrected chi connectivity index (χ3v) is 4.19. The number of carbonyl (C=O) groups excluding carboxylic acids is 1. The van der Waals surface area contributed by atoms with Crippen molar-refractivity contribution in [3.8, 4) is 28.6 Å². The molecule has 0 unspecified atom stereocenters. The lowest BCUT2D eigenvalue weighted by Crippen LogP contribution is -2.28. The number of methoxy groups -OCH3 is 1. The number of hydrogen-bond acceptors (Lipinski definition) is 7. The van der Waals surface area contributed by atoms with Gasteiger partial charge in [0, 0.05) is 24.5 Å². The molecular weight excluding hydrogens is 386 g/mol. The van der Waals surface area contributed by atoms with Gasteiger partial charge in [0.1, 0.15) is 23.9 Å². The predicted octanol–water partition coefficient (Wildman–Crippen LogP) is 3.27. The number of nitrogens with one attached hydrogen (secondary N) is 1. The van der Waals surface area contributed by atoms with Crippen LogP contribution in [0.1, 0.15) is 19.2 Å². The van der Waals surface area contributed by atoms with Gasteiger partial charge in [-0.15, -0.1) is 0 Å². The van der Waals surface area contributed by atoms with Crippen molar-refractivity contribution in [3.05, 3.63) is 54.4 Å². The lowest BCUT2D eigenvalue weighted by Gasteiger charge is -2.08. The maximum absolute atomic E-state index is 12.0. The number of hydrogen-bond donors (Lipinski definition) is 1. The van der Waals surface area contributed by atoms with Gasteiger partial charge in [0.15, 0.2) is 0 Å². The number of ether oxygens (including phenoxy) is 3. The molecule has 0 saturated heterocycles. The molecule has 3 aromatic rings. The molecule has 8 nitrogen and oxygen atoms in total. The number of nitrogens with zero attached hydrogens (tertiary/aromatic N) is 2. The zero-order chi connectivity index (χ0) is 21.2. The molecule has 3 rings (SSSR count). The van der Waals surface area contributed by atoms with E-state index in [0.717, 1.165) is 17.1 Å². The zero-order valence-corrected chi connectivity index (χ0v) is 17.1. The van der Waals surface area contributed by atoms with Crippen LogP contribution in [-0.2, 0) is 11.2 Å². The van der Waals surface area contributed by atoms with Gasteiger partial charge in [0.2, 0.25) is 17.6 Å². The molecule has 30 heavy (non-hydrogen) atoms. The second-order valence-corrected chi connectivity index (χ2v) is 6.35. The van der Waals surface area contributed by atoms with Crippen molar-refractivity contribution in [2.75, 3.05) is 26.9 Å². The van der Waals surface area contributed by atoms with Crippen molar-refractivity contribution in [1.29, 1.82) is 0 Å². The van der Waals surface area contributed by atoms with Crippen molar-refractivity contribution in [2.24, 2.45) is 0 Å². The molecule has 0 aliphatic carbocycles. The van der Waals surface area contributed by atoms with E-state index in [2.05, 4.69) is 15.5 Å². The monoisotopic (exact) mass is 411 g/mol. The van der Waals surface area contributed by atoms with E-state index < -0.39 is 0 Å². The Kier molecular flexibility index (Phi) is 7.65. The summed E-state index contributed by atoms with van der Waals surface area (Å²) in [5.41, 5.74) is 0.826. The second-order valence-electron chi connectivity index (χ2n) is 6.35. The lowest BCUT2D eigenvalue weighted by molar-refractivity contribution is -0.121. The number of aryl methyl sites for hydroxylation is 1. The fourth-order valence-corrected chi connectivity index (χ4v) is 2.70. The molecule has 0 spiro atoms. The van der Waals surface area contributed by atoms with Gasteiger partial charge >= 0.3 is 0 Å². The molecule has 0 aliphatic heterocycles. The first kappa shape index (κ1) is 21.2. The summed E-state index contributed by atoms with van der Waals surface area (Å²) < 4.78 is 21.4. The van der Waals surface area contributed by atoms with Gasteiger partial charge in [-0.3, -0.25) is 4.79 Å². The number of aromatic nitrogens is 2. The standard InChI is InChI=1S/C22H25N3O5/c1-3-28-17-9-7-16(8-10-17)22-24-21(30-25-22)12-11-20(26)23-13-14-29-19-6-4-5-18(15-19)27-2/h4-10,15H,3,11-14H2,1-2H3,(H,23,26). The Balaban J connectivity index is 1.38. The van der Waals surface area contributed by atoms with Crippen LogP contribution in [-0.4, -0.2) is 42.9 Å². The molecule has 1 amide bonds. The Bertz CT molecular complexity index is 940. The van der Waals surface area contributed by atoms with Gasteiger partial charge in [-0.2, -0.15) is 4.98 Å². The zero-order valence-electron chi connectivity index (χ0n) is 17.1. The summed E-state index contributed by atoms with van der Waals surface area (Å²) in [6, 6.07) is 14.8. The molecule has 8 heteroatoms. The maximum atomic E-state index is 12.0. The molecule has 1 aromatic heterocycles. The second kappa shape index (κ2) is 10.8. The molecule has 0 fully saturated rings. The summed E-state index contributed by atoms with van der Waals surface area (Å²) in [4.78, 5) is 16.4. The van der Waals surface area contributed by atoms with Crippen LogP contribution in [0.3, 0.4) is 0 Å². The number of benzene rings is 2. The highest BCUT2D eigenvalue weighted by atomic mass is 16.5. The van der Waals surface area contributed by atoms with Gasteiger partial charge < -0.3 is 24.1 Å². The van der Waals surface area contributed by atoms with E-state index in [4.69, 9.17) is 18.7 Å². The van der Waals surface area contributed by atoms with Gasteiger partial charge in [0.25, 0.3) is 0 Å². The minimum Gasteiger partial charge on any atom is -0.497 e. The number of rotatable bonds is 11. The summed E-state index contributed by atoms with van der Waals surface area (Å²) in [7, 11) is 1.60. The summed E-state index contributed by atoms with van der Waals surface area (Å²) >= 11 is 0. The van der Waals surface area contributed by atoms with Crippen LogP contribution in [0.25, 0.3) is 11.4 Å². The van der Waals surface area contributed by atoms with Crippen molar-refractivity contribution < 1.29 is 23.5 Å². The molecule has 2 aromatic carbocycles. The Morgan fingerprint density at radius 3 is 2.63 bits per heavy atom. The first-order valence-corrected chi connectivity index (χ1v) is 9.77. The van der Waals surface area contributed by atoms with Gasteiger partial charge in [0.05, 0.1) is 20.3 Å². The van der Waals surface area contributed by atoms with Gasteiger partial charge in [-0.25, -0.2) is 0 Å². The molecule has 0 saturated carbocycles. The fraction of sp³-hybridized carbons (Fsp3) is 0.318. The van der Waals surface area contributed by atoms with Crippen LogP contribution >= 0.6 is 0 Å². The van der Waals surface area contributed by atoms with E-state index in [9.17, 15) is 4.79 Å². The summed E-state index contributed by atoms with van der Waals surface area (Å²) in [6.45, 7) is 3.31. The van der Waals surface area contributed by atoms with Crippen LogP contribution in [0.4, 0.5) is 0 Å². The molecule has 1 N–H and O–H groups in total. The smallest absolute Gasteiger partial charge is 0.227 e. The molecule has 1 heterocycles. The SMILES string of the molecule is CCOc1ccc(-c2noc(CCC(=O)NCCOc3cccc(OC)c3)n2)cc1. The summed E-state index contributed by atoms with van der Waals surface area (Å²) in [5, 5.41) is 6.78. The van der Waals surface area contributed by atoms with Crippen molar-refractivity contribution in [1.82, 2.24) is 15.5 Å². The predicted molar refractivity (Wildman–Crippen MR) is 111 cm³/mol. The minimum atomic E-state index is -0.106. The molecule has 158 valence electrons. The molecule has 0 bridgehead atoms. The maximum Gasteiger partial charge on any atom is 0.227 e. The van der Waals surface area contributed by atoms with E-state index >= 15 is 0 Å². The number of amides is 1. The van der Waals surface area contributed by atoms with Crippen LogP contribution in [0, 0.1) is 0 Å². The van der Waals surface area contributed by atoms with E-state index in [1.54, 1.807) is 13.2 Å². The largest absolute Gasteiger partial charge is 0.497 e. The fourth-order valence-electron chi connectivity index (χ4n) is 2.70. The highest BCUT2D eigenvalue weighted by Gasteiger charge is 2.11. The highest BCUT2D eigenvalue weighted by Crippen LogP contribution is 2.20. The summed E-state index contributed by atoms with van der Waals surface area (Å²) in [5.74, 6) is 3.00. The first-order valence-electron chi connectivity index (χ1n) is 9.77. The average molecular weight is 411 g/mol. The minimum absolute atomic E-state index is 0.106. The Morgan fingerprint density at radius 2 is 1.87 bits per heavy atom. The van der Waals surface area contributed by atoms with Gasteiger partial charge in [-0.1, -0.05) is 11.2 Å². The van der Waals surface area contributed by atoms with E-state index in [1.165, 1.54) is 0 Å². The Hall–Kier alpha value is -3.55. The molecule has 0 radical (unpaired) electrons. The van der Waals surface area contributed by atoms with E-state index in [1.807, 2.05) is 49.4 Å². The summed E-state index contributed by atoms with van der Waals surface area (Å²) in [6.07, 6.45) is 0.622. The topological polar surface area (TPSA) is 95.7 Å². The van der Waals surface area contributed by atoms with E-state index in [-0.39, 0.29) is 12.3 Å². The van der Waals surface area contributed by atoms with Crippen LogP contribution in [0.5, 0.6) is 17.2 Å². The average Bonchev–Trinajstić information content (AvgIpc) is 3.25. The van der Waals surface area contributed by atoms with E-state index in [0.29, 0.717) is 43.6 Å².